The number of aliphatic hydroxyl groups excluding tert-OH is 3. The molecular weight excluding hydrogens is 497 g/mol. The molecular formula is C29H31F3N2O4. The normalized spacial score (nSPS) is 16.2. The summed E-state index contributed by atoms with van der Waals surface area (Å²) in [5, 5.41) is 32.0. The molecule has 9 heteroatoms. The largest absolute Gasteiger partial charge is 0.497 e. The lowest BCUT2D eigenvalue weighted by atomic mass is 9.74. The van der Waals surface area contributed by atoms with Gasteiger partial charge in [-0.1, -0.05) is 11.8 Å². The van der Waals surface area contributed by atoms with E-state index in [2.05, 4.69) is 16.8 Å². The van der Waals surface area contributed by atoms with Crippen molar-refractivity contribution in [1.82, 2.24) is 9.88 Å². The minimum Gasteiger partial charge on any atom is -0.497 e. The van der Waals surface area contributed by atoms with Crippen molar-refractivity contribution < 1.29 is 33.2 Å². The molecule has 1 fully saturated rings. The summed E-state index contributed by atoms with van der Waals surface area (Å²) in [6, 6.07) is 6.74. The number of rotatable bonds is 8. The molecule has 202 valence electrons. The number of aromatic nitrogens is 1. The van der Waals surface area contributed by atoms with Crippen molar-refractivity contribution in [1.29, 1.82) is 0 Å². The smallest absolute Gasteiger partial charge is 0.174 e. The monoisotopic (exact) mass is 528 g/mol. The van der Waals surface area contributed by atoms with Gasteiger partial charge in [0.2, 0.25) is 0 Å². The Balaban J connectivity index is 1.40. The van der Waals surface area contributed by atoms with Crippen LogP contribution in [-0.4, -0.2) is 58.6 Å². The quantitative estimate of drug-likeness (QED) is 0.302. The summed E-state index contributed by atoms with van der Waals surface area (Å²) in [4.78, 5) is 6.41. The Bertz CT molecular complexity index is 1340. The number of pyridine rings is 1. The Labute approximate surface area is 219 Å². The Kier molecular flexibility index (Phi) is 8.90. The van der Waals surface area contributed by atoms with Crippen LogP contribution in [0.2, 0.25) is 0 Å². The maximum absolute atomic E-state index is 13.8. The molecule has 1 unspecified atom stereocenters. The summed E-state index contributed by atoms with van der Waals surface area (Å²) in [6.07, 6.45) is 2.98. The van der Waals surface area contributed by atoms with E-state index in [9.17, 15) is 28.5 Å². The number of aliphatic hydroxyl groups is 3. The van der Waals surface area contributed by atoms with Crippen LogP contribution in [0.15, 0.2) is 36.5 Å². The lowest BCUT2D eigenvalue weighted by Crippen LogP contribution is -2.42. The zero-order valence-corrected chi connectivity index (χ0v) is 21.2. The molecule has 6 nitrogen and oxygen atoms in total. The van der Waals surface area contributed by atoms with Crippen molar-refractivity contribution in [3.63, 3.8) is 0 Å². The van der Waals surface area contributed by atoms with Crippen molar-refractivity contribution in [3.8, 4) is 17.6 Å². The first kappa shape index (κ1) is 27.9. The molecule has 0 saturated carbocycles. The van der Waals surface area contributed by atoms with Gasteiger partial charge in [-0.2, -0.15) is 0 Å². The van der Waals surface area contributed by atoms with E-state index in [1.165, 1.54) is 0 Å². The van der Waals surface area contributed by atoms with Gasteiger partial charge >= 0.3 is 0 Å². The maximum atomic E-state index is 13.8. The first-order valence-corrected chi connectivity index (χ1v) is 12.5. The molecule has 0 radical (unpaired) electrons. The predicted octanol–water partition coefficient (Wildman–Crippen LogP) is 4.09. The van der Waals surface area contributed by atoms with Crippen LogP contribution in [0.1, 0.15) is 48.5 Å². The Morgan fingerprint density at radius 2 is 1.89 bits per heavy atom. The molecule has 0 amide bonds. The number of hydrogen-bond donors (Lipinski definition) is 3. The lowest BCUT2D eigenvalue weighted by Gasteiger charge is -2.40. The second-order valence-corrected chi connectivity index (χ2v) is 9.78. The topological polar surface area (TPSA) is 86.0 Å². The van der Waals surface area contributed by atoms with Crippen LogP contribution in [-0.2, 0) is 6.61 Å². The van der Waals surface area contributed by atoms with Gasteiger partial charge in [0.25, 0.3) is 0 Å². The highest BCUT2D eigenvalue weighted by Crippen LogP contribution is 2.39. The van der Waals surface area contributed by atoms with Crippen LogP contribution in [0, 0.1) is 34.7 Å². The Morgan fingerprint density at radius 3 is 2.58 bits per heavy atom. The number of ether oxygens (including phenoxy) is 1. The fourth-order valence-electron chi connectivity index (χ4n) is 5.03. The second-order valence-electron chi connectivity index (χ2n) is 9.78. The molecule has 0 aliphatic carbocycles. The third kappa shape index (κ3) is 6.11. The molecule has 1 aromatic heterocycles. The summed E-state index contributed by atoms with van der Waals surface area (Å²) in [5.74, 6) is 2.59. The van der Waals surface area contributed by atoms with E-state index < -0.39 is 23.6 Å². The number of halogens is 3. The van der Waals surface area contributed by atoms with Gasteiger partial charge in [-0.3, -0.25) is 9.88 Å². The van der Waals surface area contributed by atoms with Crippen LogP contribution < -0.4 is 4.74 Å². The highest BCUT2D eigenvalue weighted by atomic mass is 19.2. The number of methoxy groups -OCH3 is 1. The molecule has 1 atom stereocenters. The molecule has 0 bridgehead atoms. The van der Waals surface area contributed by atoms with E-state index in [1.807, 2.05) is 4.90 Å². The van der Waals surface area contributed by atoms with E-state index in [4.69, 9.17) is 4.74 Å². The average molecular weight is 529 g/mol. The summed E-state index contributed by atoms with van der Waals surface area (Å²) < 4.78 is 45.9. The van der Waals surface area contributed by atoms with Crippen LogP contribution >= 0.6 is 0 Å². The zero-order valence-electron chi connectivity index (χ0n) is 21.2. The molecule has 3 aromatic rings. The average Bonchev–Trinajstić information content (AvgIpc) is 2.94. The van der Waals surface area contributed by atoms with Crippen molar-refractivity contribution in [3.05, 3.63) is 70.7 Å². The van der Waals surface area contributed by atoms with Gasteiger partial charge in [0.15, 0.2) is 11.6 Å². The number of benzene rings is 2. The summed E-state index contributed by atoms with van der Waals surface area (Å²) in [7, 11) is 1.56. The number of likely N-dealkylation sites (tertiary alicyclic amines) is 1. The van der Waals surface area contributed by atoms with Crippen molar-refractivity contribution in [2.45, 2.75) is 38.4 Å². The van der Waals surface area contributed by atoms with Crippen molar-refractivity contribution in [2.75, 3.05) is 33.4 Å². The van der Waals surface area contributed by atoms with Gasteiger partial charge < -0.3 is 20.1 Å². The summed E-state index contributed by atoms with van der Waals surface area (Å²) in [6.45, 7) is 1.25. The SMILES string of the molecule is COc1ccc2ncc(CO)c(C(O)CCC3(CO)CCN(CC#Cc4cc(F)cc(F)c4F)CC3)c2c1. The second kappa shape index (κ2) is 12.1. The van der Waals surface area contributed by atoms with E-state index in [1.54, 1.807) is 31.5 Å². The highest BCUT2D eigenvalue weighted by Gasteiger charge is 2.34. The Hall–Kier alpha value is -3.16. The fourth-order valence-corrected chi connectivity index (χ4v) is 5.03. The number of nitrogens with zero attached hydrogens (tertiary/aromatic N) is 2. The van der Waals surface area contributed by atoms with Crippen molar-refractivity contribution >= 4 is 10.9 Å². The molecule has 1 aliphatic rings. The van der Waals surface area contributed by atoms with Crippen LogP contribution in [0.5, 0.6) is 5.75 Å². The molecule has 3 N–H and O–H groups in total. The van der Waals surface area contributed by atoms with Crippen molar-refractivity contribution in [2.24, 2.45) is 5.41 Å². The highest BCUT2D eigenvalue weighted by molar-refractivity contribution is 5.85. The van der Waals surface area contributed by atoms with Gasteiger partial charge in [-0.05, 0) is 74.0 Å². The third-order valence-corrected chi connectivity index (χ3v) is 7.42. The van der Waals surface area contributed by atoms with E-state index in [0.29, 0.717) is 79.2 Å². The van der Waals surface area contributed by atoms with Gasteiger partial charge in [0.1, 0.15) is 11.6 Å². The van der Waals surface area contributed by atoms with Gasteiger partial charge in [0.05, 0.1) is 37.4 Å². The zero-order chi connectivity index (χ0) is 27.3. The minimum atomic E-state index is -1.27. The van der Waals surface area contributed by atoms with Crippen LogP contribution in [0.3, 0.4) is 0 Å². The maximum Gasteiger partial charge on any atom is 0.174 e. The number of piperidine rings is 1. The summed E-state index contributed by atoms with van der Waals surface area (Å²) in [5.41, 5.74) is 1.13. The standard InChI is InChI=1S/C29H31F3N2O4/c1-38-22-4-5-25-23(15-22)27(20(17-35)16-33-25)26(37)6-7-29(18-36)8-11-34(12-9-29)10-2-3-19-13-21(30)14-24(31)28(19)32/h4-5,13-16,26,35-37H,6-12,17-18H2,1H3. The lowest BCUT2D eigenvalue weighted by molar-refractivity contribution is 0.0271. The first-order valence-electron chi connectivity index (χ1n) is 12.5. The van der Waals surface area contributed by atoms with E-state index in [-0.39, 0.29) is 24.2 Å². The molecule has 1 aliphatic heterocycles. The molecule has 2 aromatic carbocycles. The van der Waals surface area contributed by atoms with E-state index >= 15 is 0 Å². The van der Waals surface area contributed by atoms with Gasteiger partial charge in [-0.25, -0.2) is 13.2 Å². The molecule has 1 saturated heterocycles. The minimum absolute atomic E-state index is 0.0369. The molecule has 0 spiro atoms. The fraction of sp³-hybridized carbons (Fsp3) is 0.414. The van der Waals surface area contributed by atoms with Crippen LogP contribution in [0.4, 0.5) is 13.2 Å². The number of fused-ring (bicyclic) bond motifs is 1. The predicted molar refractivity (Wildman–Crippen MR) is 137 cm³/mol. The molecule has 38 heavy (non-hydrogen) atoms. The molecule has 4 rings (SSSR count). The van der Waals surface area contributed by atoms with Crippen LogP contribution in [0.25, 0.3) is 10.9 Å². The van der Waals surface area contributed by atoms with Gasteiger partial charge in [0, 0.05) is 29.8 Å². The number of hydrogen-bond acceptors (Lipinski definition) is 6. The summed E-state index contributed by atoms with van der Waals surface area (Å²) >= 11 is 0. The first-order chi connectivity index (χ1) is 18.3. The van der Waals surface area contributed by atoms with Gasteiger partial charge in [-0.15, -0.1) is 0 Å². The van der Waals surface area contributed by atoms with E-state index in [0.717, 1.165) is 6.07 Å². The Morgan fingerprint density at radius 1 is 1.13 bits per heavy atom. The third-order valence-electron chi connectivity index (χ3n) is 7.42. The molecule has 2 heterocycles.